The van der Waals surface area contributed by atoms with E-state index in [1.807, 2.05) is 13.1 Å². The first kappa shape index (κ1) is 19.6. The molecule has 0 aliphatic carbocycles. The number of rotatable bonds is 8. The Morgan fingerprint density at radius 2 is 1.50 bits per heavy atom. The highest BCUT2D eigenvalue weighted by Gasteiger charge is 2.19. The monoisotopic (exact) mass is 357 g/mol. The Hall–Kier alpha value is -2.69. The van der Waals surface area contributed by atoms with Gasteiger partial charge in [0, 0.05) is 19.2 Å². The lowest BCUT2D eigenvalue weighted by Gasteiger charge is -2.20. The molecule has 0 heterocycles. The Balaban J connectivity index is 2.12. The number of nitrogens with zero attached hydrogens (tertiary/aromatic N) is 1. The first-order chi connectivity index (χ1) is 12.5. The van der Waals surface area contributed by atoms with Gasteiger partial charge in [-0.25, -0.2) is 0 Å². The van der Waals surface area contributed by atoms with Crippen LogP contribution in [0.4, 0.5) is 0 Å². The summed E-state index contributed by atoms with van der Waals surface area (Å²) < 4.78 is 16.1. The van der Waals surface area contributed by atoms with E-state index in [0.717, 1.165) is 17.5 Å². The number of hydrogen-bond donors (Lipinski definition) is 0. The summed E-state index contributed by atoms with van der Waals surface area (Å²) in [4.78, 5) is 14.4. The molecular formula is C21H27NO4. The van der Waals surface area contributed by atoms with Crippen LogP contribution in [-0.4, -0.2) is 39.2 Å². The summed E-state index contributed by atoms with van der Waals surface area (Å²) in [6.07, 6.45) is 1.24. The first-order valence-electron chi connectivity index (χ1n) is 8.63. The number of carbonyl (C=O) groups excluding carboxylic acids is 1. The molecule has 2 aromatic rings. The van der Waals surface area contributed by atoms with Crippen LogP contribution in [0, 0.1) is 0 Å². The Kier molecular flexibility index (Phi) is 6.89. The van der Waals surface area contributed by atoms with Crippen LogP contribution in [0.1, 0.15) is 23.6 Å². The molecule has 5 heteroatoms. The standard InChI is InChI=1S/C21H27NO4/c1-6-15-7-9-16(10-8-15)14-22(2)19(23)13-17-11-12-18(24-3)21(26-5)20(17)25-4/h7-12H,6,13-14H2,1-5H3. The highest BCUT2D eigenvalue weighted by atomic mass is 16.5. The van der Waals surface area contributed by atoms with Crippen molar-refractivity contribution in [3.05, 3.63) is 53.1 Å². The molecule has 5 nitrogen and oxygen atoms in total. The van der Waals surface area contributed by atoms with Crippen LogP contribution < -0.4 is 14.2 Å². The Morgan fingerprint density at radius 1 is 0.885 bits per heavy atom. The van der Waals surface area contributed by atoms with E-state index in [0.29, 0.717) is 23.8 Å². The van der Waals surface area contributed by atoms with Gasteiger partial charge in [0.1, 0.15) is 0 Å². The minimum absolute atomic E-state index is 0.00934. The third kappa shape index (κ3) is 4.48. The van der Waals surface area contributed by atoms with E-state index in [1.54, 1.807) is 32.3 Å². The molecule has 2 rings (SSSR count). The van der Waals surface area contributed by atoms with E-state index in [2.05, 4.69) is 31.2 Å². The van der Waals surface area contributed by atoms with Gasteiger partial charge in [0.05, 0.1) is 27.8 Å². The number of amides is 1. The number of carbonyl (C=O) groups is 1. The number of ether oxygens (including phenoxy) is 3. The maximum atomic E-state index is 12.7. The predicted octanol–water partition coefficient (Wildman–Crippen LogP) is 3.48. The van der Waals surface area contributed by atoms with Crippen LogP contribution in [0.5, 0.6) is 17.2 Å². The minimum Gasteiger partial charge on any atom is -0.493 e. The summed E-state index contributed by atoms with van der Waals surface area (Å²) >= 11 is 0. The molecule has 26 heavy (non-hydrogen) atoms. The fourth-order valence-electron chi connectivity index (χ4n) is 2.84. The molecule has 0 atom stereocenters. The lowest BCUT2D eigenvalue weighted by molar-refractivity contribution is -0.129. The number of hydrogen-bond acceptors (Lipinski definition) is 4. The van der Waals surface area contributed by atoms with Crippen molar-refractivity contribution in [3.63, 3.8) is 0 Å². The number of aryl methyl sites for hydroxylation is 1. The molecule has 0 aromatic heterocycles. The minimum atomic E-state index is 0.00934. The van der Waals surface area contributed by atoms with Gasteiger partial charge >= 0.3 is 0 Å². The molecule has 0 saturated carbocycles. The second-order valence-corrected chi connectivity index (χ2v) is 6.09. The van der Waals surface area contributed by atoms with Crippen molar-refractivity contribution >= 4 is 5.91 Å². The van der Waals surface area contributed by atoms with E-state index >= 15 is 0 Å². The van der Waals surface area contributed by atoms with Crippen molar-refractivity contribution in [1.82, 2.24) is 4.90 Å². The van der Waals surface area contributed by atoms with Crippen molar-refractivity contribution in [3.8, 4) is 17.2 Å². The number of methoxy groups -OCH3 is 3. The van der Waals surface area contributed by atoms with Gasteiger partial charge in [-0.15, -0.1) is 0 Å². The van der Waals surface area contributed by atoms with Gasteiger partial charge in [-0.2, -0.15) is 0 Å². The molecule has 2 aromatic carbocycles. The largest absolute Gasteiger partial charge is 0.493 e. The highest BCUT2D eigenvalue weighted by Crippen LogP contribution is 2.40. The van der Waals surface area contributed by atoms with Crippen molar-refractivity contribution in [1.29, 1.82) is 0 Å². The van der Waals surface area contributed by atoms with E-state index in [4.69, 9.17) is 14.2 Å². The third-order valence-electron chi connectivity index (χ3n) is 4.40. The van der Waals surface area contributed by atoms with E-state index in [-0.39, 0.29) is 12.3 Å². The van der Waals surface area contributed by atoms with Gasteiger partial charge in [-0.05, 0) is 23.6 Å². The topological polar surface area (TPSA) is 48.0 Å². The van der Waals surface area contributed by atoms with Crippen LogP contribution in [0.2, 0.25) is 0 Å². The zero-order valence-electron chi connectivity index (χ0n) is 16.2. The Labute approximate surface area is 155 Å². The molecule has 0 aliphatic heterocycles. The second-order valence-electron chi connectivity index (χ2n) is 6.09. The summed E-state index contributed by atoms with van der Waals surface area (Å²) in [6.45, 7) is 2.69. The summed E-state index contributed by atoms with van der Waals surface area (Å²) in [5.41, 5.74) is 3.17. The fraction of sp³-hybridized carbons (Fsp3) is 0.381. The molecule has 0 fully saturated rings. The van der Waals surface area contributed by atoms with Gasteiger partial charge in [-0.3, -0.25) is 4.79 Å². The molecule has 0 bridgehead atoms. The van der Waals surface area contributed by atoms with Crippen LogP contribution in [0.25, 0.3) is 0 Å². The summed E-state index contributed by atoms with van der Waals surface area (Å²) in [5.74, 6) is 1.61. The molecule has 0 saturated heterocycles. The lowest BCUT2D eigenvalue weighted by atomic mass is 10.1. The molecule has 0 N–H and O–H groups in total. The zero-order chi connectivity index (χ0) is 19.1. The quantitative estimate of drug-likeness (QED) is 0.726. The third-order valence-corrected chi connectivity index (χ3v) is 4.40. The summed E-state index contributed by atoms with van der Waals surface area (Å²) in [5, 5.41) is 0. The molecular weight excluding hydrogens is 330 g/mol. The smallest absolute Gasteiger partial charge is 0.227 e. The van der Waals surface area contributed by atoms with Gasteiger partial charge in [0.15, 0.2) is 11.5 Å². The molecule has 0 radical (unpaired) electrons. The summed E-state index contributed by atoms with van der Waals surface area (Å²) in [6, 6.07) is 12.0. The van der Waals surface area contributed by atoms with Gasteiger partial charge in [0.25, 0.3) is 0 Å². The molecule has 0 unspecified atom stereocenters. The predicted molar refractivity (Wildman–Crippen MR) is 102 cm³/mol. The molecule has 140 valence electrons. The van der Waals surface area contributed by atoms with Crippen LogP contribution >= 0.6 is 0 Å². The molecule has 0 aliphatic rings. The number of likely N-dealkylation sites (N-methyl/N-ethyl adjacent to an activating group) is 1. The average molecular weight is 357 g/mol. The average Bonchev–Trinajstić information content (AvgIpc) is 2.67. The van der Waals surface area contributed by atoms with Crippen LogP contribution in [0.15, 0.2) is 36.4 Å². The Morgan fingerprint density at radius 3 is 2.04 bits per heavy atom. The molecule has 1 amide bonds. The van der Waals surface area contributed by atoms with Crippen LogP contribution in [-0.2, 0) is 24.2 Å². The van der Waals surface area contributed by atoms with E-state index in [1.165, 1.54) is 5.56 Å². The van der Waals surface area contributed by atoms with Crippen molar-refractivity contribution in [2.45, 2.75) is 26.3 Å². The molecule has 0 spiro atoms. The maximum absolute atomic E-state index is 12.7. The second kappa shape index (κ2) is 9.13. The zero-order valence-corrected chi connectivity index (χ0v) is 16.2. The highest BCUT2D eigenvalue weighted by molar-refractivity contribution is 5.80. The first-order valence-corrected chi connectivity index (χ1v) is 8.63. The fourth-order valence-corrected chi connectivity index (χ4v) is 2.84. The van der Waals surface area contributed by atoms with Gasteiger partial charge < -0.3 is 19.1 Å². The van der Waals surface area contributed by atoms with Gasteiger partial charge in [-0.1, -0.05) is 37.3 Å². The van der Waals surface area contributed by atoms with Crippen molar-refractivity contribution in [2.24, 2.45) is 0 Å². The van der Waals surface area contributed by atoms with E-state index < -0.39 is 0 Å². The lowest BCUT2D eigenvalue weighted by Crippen LogP contribution is -2.27. The maximum Gasteiger partial charge on any atom is 0.227 e. The van der Waals surface area contributed by atoms with Crippen molar-refractivity contribution < 1.29 is 19.0 Å². The van der Waals surface area contributed by atoms with Crippen LogP contribution in [0.3, 0.4) is 0 Å². The normalized spacial score (nSPS) is 10.3. The van der Waals surface area contributed by atoms with E-state index in [9.17, 15) is 4.79 Å². The SMILES string of the molecule is CCc1ccc(CN(C)C(=O)Cc2ccc(OC)c(OC)c2OC)cc1. The summed E-state index contributed by atoms with van der Waals surface area (Å²) in [7, 11) is 6.49. The number of benzene rings is 2. The van der Waals surface area contributed by atoms with Crippen molar-refractivity contribution in [2.75, 3.05) is 28.4 Å². The Bertz CT molecular complexity index is 740. The van der Waals surface area contributed by atoms with Gasteiger partial charge in [0.2, 0.25) is 11.7 Å².